The van der Waals surface area contributed by atoms with Gasteiger partial charge in [-0.3, -0.25) is 0 Å². The molecule has 0 fully saturated rings. The molecule has 100 valence electrons. The molecule has 1 N–H and O–H groups in total. The second-order valence-corrected chi connectivity index (χ2v) is 6.09. The van der Waals surface area contributed by atoms with Gasteiger partial charge >= 0.3 is 0 Å². The molecule has 0 saturated carbocycles. The van der Waals surface area contributed by atoms with Crippen LogP contribution in [-0.4, -0.2) is 9.97 Å². The van der Waals surface area contributed by atoms with Crippen molar-refractivity contribution in [2.75, 3.05) is 0 Å². The number of aromatic amines is 1. The van der Waals surface area contributed by atoms with E-state index in [1.54, 1.807) is 0 Å². The Kier molecular flexibility index (Phi) is 3.85. The van der Waals surface area contributed by atoms with E-state index in [-0.39, 0.29) is 5.41 Å². The molecular weight excluding hydrogens is 252 g/mol. The van der Waals surface area contributed by atoms with Gasteiger partial charge in [0, 0.05) is 11.1 Å². The largest absolute Gasteiger partial charge is 0.346 e. The van der Waals surface area contributed by atoms with E-state index < -0.39 is 0 Å². The van der Waals surface area contributed by atoms with Gasteiger partial charge in [0.15, 0.2) is 0 Å². The van der Waals surface area contributed by atoms with Crippen LogP contribution in [0.5, 0.6) is 0 Å². The lowest BCUT2D eigenvalue weighted by Crippen LogP contribution is -2.23. The number of hydrogen-bond acceptors (Lipinski definition) is 2. The topological polar surface area (TPSA) is 28.7 Å². The molecule has 1 aromatic heterocycles. The number of hydrogen-bond donors (Lipinski definition) is 1. The van der Waals surface area contributed by atoms with Crippen molar-refractivity contribution >= 4 is 12.2 Å². The molecular formula is C16H20N2S. The van der Waals surface area contributed by atoms with E-state index in [0.29, 0.717) is 10.6 Å². The standard InChI is InChI=1S/C16H20N2S/c1-11(2)13-10-14(19)18-15(17-13)16(3,4)12-8-6-5-7-9-12/h5-11H,1-4H3,(H,17,18,19). The fraction of sp³-hybridized carbons (Fsp3) is 0.375. The van der Waals surface area contributed by atoms with Gasteiger partial charge < -0.3 is 4.98 Å². The summed E-state index contributed by atoms with van der Waals surface area (Å²) in [5.74, 6) is 1.34. The first kappa shape index (κ1) is 13.9. The van der Waals surface area contributed by atoms with Crippen molar-refractivity contribution < 1.29 is 0 Å². The molecule has 0 aliphatic rings. The monoisotopic (exact) mass is 272 g/mol. The predicted octanol–water partition coefficient (Wildman–Crippen LogP) is 4.59. The van der Waals surface area contributed by atoms with E-state index in [1.165, 1.54) is 5.56 Å². The van der Waals surface area contributed by atoms with E-state index >= 15 is 0 Å². The SMILES string of the molecule is CC(C)c1cc(=S)nc(C(C)(C)c2ccccc2)[nH]1. The molecule has 2 rings (SSSR count). The molecule has 0 radical (unpaired) electrons. The highest BCUT2D eigenvalue weighted by Gasteiger charge is 2.25. The van der Waals surface area contributed by atoms with Crippen molar-refractivity contribution in [1.82, 2.24) is 9.97 Å². The maximum atomic E-state index is 5.29. The lowest BCUT2D eigenvalue weighted by atomic mass is 9.83. The zero-order valence-electron chi connectivity index (χ0n) is 11.9. The summed E-state index contributed by atoms with van der Waals surface area (Å²) in [5.41, 5.74) is 2.19. The Labute approximate surface area is 119 Å². The highest BCUT2D eigenvalue weighted by atomic mass is 32.1. The quantitative estimate of drug-likeness (QED) is 0.828. The first-order valence-corrected chi connectivity index (χ1v) is 6.99. The number of H-pyrrole nitrogens is 1. The van der Waals surface area contributed by atoms with E-state index in [1.807, 2.05) is 12.1 Å². The average Bonchev–Trinajstić information content (AvgIpc) is 2.39. The molecule has 0 atom stereocenters. The van der Waals surface area contributed by atoms with Crippen LogP contribution in [0.3, 0.4) is 0 Å². The average molecular weight is 272 g/mol. The zero-order chi connectivity index (χ0) is 14.0. The third-order valence-electron chi connectivity index (χ3n) is 3.47. The molecule has 3 heteroatoms. The zero-order valence-corrected chi connectivity index (χ0v) is 12.7. The highest BCUT2D eigenvalue weighted by molar-refractivity contribution is 7.71. The van der Waals surface area contributed by atoms with Gasteiger partial charge in [0.05, 0.1) is 0 Å². The molecule has 2 nitrogen and oxygen atoms in total. The molecule has 0 aliphatic heterocycles. The van der Waals surface area contributed by atoms with Gasteiger partial charge in [-0.2, -0.15) is 0 Å². The van der Waals surface area contributed by atoms with Gasteiger partial charge in [0.2, 0.25) is 0 Å². The number of aromatic nitrogens is 2. The number of nitrogens with one attached hydrogen (secondary N) is 1. The van der Waals surface area contributed by atoms with Gasteiger partial charge in [-0.05, 0) is 31.4 Å². The molecule has 0 unspecified atom stereocenters. The van der Waals surface area contributed by atoms with Crippen LogP contribution in [0.1, 0.15) is 50.7 Å². The Morgan fingerprint density at radius 3 is 2.37 bits per heavy atom. The van der Waals surface area contributed by atoms with Crippen molar-refractivity contribution in [2.45, 2.75) is 39.0 Å². The van der Waals surface area contributed by atoms with E-state index in [9.17, 15) is 0 Å². The smallest absolute Gasteiger partial charge is 0.130 e. The maximum absolute atomic E-state index is 5.29. The minimum absolute atomic E-state index is 0.181. The summed E-state index contributed by atoms with van der Waals surface area (Å²) in [5, 5.41) is 0. The van der Waals surface area contributed by atoms with Gasteiger partial charge in [-0.15, -0.1) is 0 Å². The molecule has 19 heavy (non-hydrogen) atoms. The first-order valence-electron chi connectivity index (χ1n) is 6.58. The van der Waals surface area contributed by atoms with Crippen LogP contribution in [0, 0.1) is 4.64 Å². The van der Waals surface area contributed by atoms with Gasteiger partial charge in [0.25, 0.3) is 0 Å². The lowest BCUT2D eigenvalue weighted by Gasteiger charge is -2.25. The van der Waals surface area contributed by atoms with Gasteiger partial charge in [-0.25, -0.2) is 4.98 Å². The number of rotatable bonds is 3. The lowest BCUT2D eigenvalue weighted by molar-refractivity contribution is 0.579. The van der Waals surface area contributed by atoms with Gasteiger partial charge in [0.1, 0.15) is 10.5 Å². The van der Waals surface area contributed by atoms with Crippen LogP contribution in [-0.2, 0) is 5.41 Å². The van der Waals surface area contributed by atoms with Crippen molar-refractivity contribution in [3.05, 3.63) is 58.1 Å². The molecule has 1 aromatic carbocycles. The van der Waals surface area contributed by atoms with E-state index in [2.05, 4.69) is 61.9 Å². The van der Waals surface area contributed by atoms with Gasteiger partial charge in [-0.1, -0.05) is 56.4 Å². The van der Waals surface area contributed by atoms with Crippen LogP contribution < -0.4 is 0 Å². The van der Waals surface area contributed by atoms with Crippen LogP contribution >= 0.6 is 12.2 Å². The van der Waals surface area contributed by atoms with Crippen LogP contribution in [0.15, 0.2) is 36.4 Å². The maximum Gasteiger partial charge on any atom is 0.130 e. The second kappa shape index (κ2) is 5.25. The minimum atomic E-state index is -0.181. The summed E-state index contributed by atoms with van der Waals surface area (Å²) in [6.07, 6.45) is 0. The molecule has 2 aromatic rings. The Morgan fingerprint density at radius 2 is 1.79 bits per heavy atom. The number of benzene rings is 1. The molecule has 1 heterocycles. The molecule has 0 aliphatic carbocycles. The van der Waals surface area contributed by atoms with E-state index in [4.69, 9.17) is 12.2 Å². The fourth-order valence-corrected chi connectivity index (χ4v) is 2.29. The summed E-state index contributed by atoms with van der Waals surface area (Å²) in [6, 6.07) is 12.3. The molecule has 0 bridgehead atoms. The van der Waals surface area contributed by atoms with Crippen molar-refractivity contribution in [3.63, 3.8) is 0 Å². The predicted molar refractivity (Wildman–Crippen MR) is 82.1 cm³/mol. The van der Waals surface area contributed by atoms with E-state index in [0.717, 1.165) is 11.5 Å². The molecule has 0 amide bonds. The number of nitrogens with zero attached hydrogens (tertiary/aromatic N) is 1. The summed E-state index contributed by atoms with van der Waals surface area (Å²) in [4.78, 5) is 7.97. The summed E-state index contributed by atoms with van der Waals surface area (Å²) in [7, 11) is 0. The van der Waals surface area contributed by atoms with Crippen LogP contribution in [0.25, 0.3) is 0 Å². The second-order valence-electron chi connectivity index (χ2n) is 5.67. The minimum Gasteiger partial charge on any atom is -0.346 e. The normalized spacial score (nSPS) is 11.8. The Hall–Kier alpha value is -1.48. The van der Waals surface area contributed by atoms with Crippen molar-refractivity contribution in [3.8, 4) is 0 Å². The highest BCUT2D eigenvalue weighted by Crippen LogP contribution is 2.29. The Balaban J connectivity index is 2.55. The van der Waals surface area contributed by atoms with Crippen molar-refractivity contribution in [1.29, 1.82) is 0 Å². The molecule has 0 saturated heterocycles. The third-order valence-corrected chi connectivity index (χ3v) is 3.68. The Morgan fingerprint density at radius 1 is 1.16 bits per heavy atom. The fourth-order valence-electron chi connectivity index (χ4n) is 2.07. The molecule has 0 spiro atoms. The Bertz CT molecular complexity index is 612. The third kappa shape index (κ3) is 2.92. The van der Waals surface area contributed by atoms with Crippen LogP contribution in [0.4, 0.5) is 0 Å². The first-order chi connectivity index (χ1) is 8.91. The summed E-state index contributed by atoms with van der Waals surface area (Å²) in [6.45, 7) is 8.64. The summed E-state index contributed by atoms with van der Waals surface area (Å²) < 4.78 is 0.654. The van der Waals surface area contributed by atoms with Crippen molar-refractivity contribution in [2.24, 2.45) is 0 Å². The summed E-state index contributed by atoms with van der Waals surface area (Å²) >= 11 is 5.29. The van der Waals surface area contributed by atoms with Crippen LogP contribution in [0.2, 0.25) is 0 Å².